The molecule has 0 amide bonds. The van der Waals surface area contributed by atoms with Crippen LogP contribution in [0, 0.1) is 40.4 Å². The van der Waals surface area contributed by atoms with Crippen molar-refractivity contribution >= 4 is 5.78 Å². The Hall–Kier alpha value is -0.410. The van der Waals surface area contributed by atoms with Crippen molar-refractivity contribution in [1.29, 1.82) is 0 Å². The van der Waals surface area contributed by atoms with Crippen molar-refractivity contribution in [2.24, 2.45) is 40.4 Å². The molecule has 0 aromatic rings. The molecule has 0 spiro atoms. The Balaban J connectivity index is 1.67. The first kappa shape index (κ1) is 18.0. The van der Waals surface area contributed by atoms with Crippen molar-refractivity contribution in [2.45, 2.75) is 90.8 Å². The second-order valence-electron chi connectivity index (χ2n) is 10.5. The summed E-state index contributed by atoms with van der Waals surface area (Å²) in [4.78, 5) is 12.4. The summed E-state index contributed by atoms with van der Waals surface area (Å²) in [7, 11) is 0. The molecule has 4 aliphatic carbocycles. The van der Waals surface area contributed by atoms with Crippen LogP contribution in [0.15, 0.2) is 0 Å². The van der Waals surface area contributed by atoms with E-state index in [1.807, 2.05) is 0 Å². The van der Waals surface area contributed by atoms with Gasteiger partial charge in [0.15, 0.2) is 5.78 Å². The van der Waals surface area contributed by atoms with E-state index >= 15 is 0 Å². The number of rotatable bonds is 1. The maximum atomic E-state index is 12.4. The van der Waals surface area contributed by atoms with Crippen molar-refractivity contribution in [3.8, 4) is 0 Å². The van der Waals surface area contributed by atoms with E-state index in [0.717, 1.165) is 38.5 Å². The summed E-state index contributed by atoms with van der Waals surface area (Å²) in [6.07, 6.45) is 8.53. The summed E-state index contributed by atoms with van der Waals surface area (Å²) in [5.74, 6) is 2.53. The number of fused-ring (bicyclic) bond motifs is 5. The highest BCUT2D eigenvalue weighted by atomic mass is 16.3. The average Bonchev–Trinajstić information content (AvgIpc) is 2.77. The predicted octanol–water partition coefficient (Wildman–Crippen LogP) is 3.96. The lowest BCUT2D eigenvalue weighted by Crippen LogP contribution is -2.59. The van der Waals surface area contributed by atoms with Gasteiger partial charge in [0.1, 0.15) is 5.60 Å². The van der Waals surface area contributed by atoms with Gasteiger partial charge in [0.05, 0.1) is 6.10 Å². The van der Waals surface area contributed by atoms with Crippen LogP contribution >= 0.6 is 0 Å². The minimum Gasteiger partial charge on any atom is -0.393 e. The largest absolute Gasteiger partial charge is 0.393 e. The maximum absolute atomic E-state index is 12.4. The fraction of sp³-hybridized carbons (Fsp3) is 0.955. The normalized spacial score (nSPS) is 58.2. The van der Waals surface area contributed by atoms with E-state index in [2.05, 4.69) is 20.8 Å². The third kappa shape index (κ3) is 2.15. The predicted molar refractivity (Wildman–Crippen MR) is 97.9 cm³/mol. The van der Waals surface area contributed by atoms with Crippen LogP contribution in [-0.4, -0.2) is 27.7 Å². The monoisotopic (exact) mass is 348 g/mol. The van der Waals surface area contributed by atoms with Crippen molar-refractivity contribution < 1.29 is 15.0 Å². The Labute approximate surface area is 152 Å². The molecule has 0 aromatic heterocycles. The number of carbonyl (C=O) groups excluding carboxylic acids is 1. The van der Waals surface area contributed by atoms with Crippen LogP contribution in [0.2, 0.25) is 0 Å². The minimum absolute atomic E-state index is 0.0239. The van der Waals surface area contributed by atoms with Crippen LogP contribution in [0.5, 0.6) is 0 Å². The Bertz CT molecular complexity index is 574. The highest BCUT2D eigenvalue weighted by molar-refractivity contribution is 5.86. The van der Waals surface area contributed by atoms with Gasteiger partial charge in [0.2, 0.25) is 0 Å². The smallest absolute Gasteiger partial charge is 0.162 e. The van der Waals surface area contributed by atoms with Gasteiger partial charge in [-0.3, -0.25) is 4.79 Å². The van der Waals surface area contributed by atoms with E-state index in [-0.39, 0.29) is 23.2 Å². The van der Waals surface area contributed by atoms with Crippen molar-refractivity contribution in [1.82, 2.24) is 0 Å². The van der Waals surface area contributed by atoms with Crippen molar-refractivity contribution in [3.63, 3.8) is 0 Å². The molecule has 3 heteroatoms. The molecule has 25 heavy (non-hydrogen) atoms. The van der Waals surface area contributed by atoms with E-state index in [1.165, 1.54) is 12.8 Å². The summed E-state index contributed by atoms with van der Waals surface area (Å²) in [5, 5.41) is 21.6. The molecule has 0 bridgehead atoms. The molecule has 0 aromatic carbocycles. The van der Waals surface area contributed by atoms with Crippen LogP contribution < -0.4 is 0 Å². The molecular formula is C22H36O3. The van der Waals surface area contributed by atoms with Gasteiger partial charge in [0, 0.05) is 5.41 Å². The summed E-state index contributed by atoms with van der Waals surface area (Å²) >= 11 is 0. The SMILES string of the molecule is CC(=O)[C@@]1(O)[C@H](C)C[C@@H]2[C@@H]3CC[C@H]4C[C@H](O)CC[C@]4(C)[C@H]3CC[C@@]21C. The summed E-state index contributed by atoms with van der Waals surface area (Å²) < 4.78 is 0. The fourth-order valence-electron chi connectivity index (χ4n) is 8.33. The second kappa shape index (κ2) is 5.55. The van der Waals surface area contributed by atoms with Crippen LogP contribution in [0.25, 0.3) is 0 Å². The third-order valence-electron chi connectivity index (χ3n) is 9.76. The zero-order valence-corrected chi connectivity index (χ0v) is 16.4. The molecule has 9 atom stereocenters. The van der Waals surface area contributed by atoms with Gasteiger partial charge in [-0.2, -0.15) is 0 Å². The van der Waals surface area contributed by atoms with E-state index in [0.29, 0.717) is 29.1 Å². The molecule has 4 fully saturated rings. The average molecular weight is 349 g/mol. The molecule has 142 valence electrons. The van der Waals surface area contributed by atoms with E-state index in [9.17, 15) is 15.0 Å². The van der Waals surface area contributed by atoms with Crippen molar-refractivity contribution in [3.05, 3.63) is 0 Å². The zero-order chi connectivity index (χ0) is 18.2. The molecule has 0 heterocycles. The van der Waals surface area contributed by atoms with Crippen LogP contribution in [0.3, 0.4) is 0 Å². The third-order valence-corrected chi connectivity index (χ3v) is 9.76. The molecule has 0 unspecified atom stereocenters. The standard InChI is InChI=1S/C22H36O3/c1-13-11-19-17-6-5-15-12-16(24)7-9-20(15,3)18(17)8-10-21(19,4)22(13,25)14(2)23/h13,15-19,24-25H,5-12H2,1-4H3/t13-,15+,16-,17-,18+,19-,20+,21+,22+/m1/s1. The van der Waals surface area contributed by atoms with Gasteiger partial charge in [-0.15, -0.1) is 0 Å². The minimum atomic E-state index is -1.14. The lowest BCUT2D eigenvalue weighted by molar-refractivity contribution is -0.175. The van der Waals surface area contributed by atoms with E-state index in [4.69, 9.17) is 0 Å². The summed E-state index contributed by atoms with van der Waals surface area (Å²) in [5.41, 5.74) is -1.04. The van der Waals surface area contributed by atoms with Gasteiger partial charge >= 0.3 is 0 Å². The molecule has 4 rings (SSSR count). The molecule has 0 saturated heterocycles. The number of aliphatic hydroxyl groups is 2. The topological polar surface area (TPSA) is 57.5 Å². The van der Waals surface area contributed by atoms with Gasteiger partial charge in [-0.25, -0.2) is 0 Å². The molecule has 0 aliphatic heterocycles. The van der Waals surface area contributed by atoms with Gasteiger partial charge < -0.3 is 10.2 Å². The quantitative estimate of drug-likeness (QED) is 0.754. The van der Waals surface area contributed by atoms with E-state index < -0.39 is 5.60 Å². The molecule has 2 N–H and O–H groups in total. The second-order valence-corrected chi connectivity index (χ2v) is 10.5. The Kier molecular flexibility index (Phi) is 3.99. The Morgan fingerprint density at radius 2 is 1.72 bits per heavy atom. The highest BCUT2D eigenvalue weighted by Gasteiger charge is 2.68. The number of hydrogen-bond donors (Lipinski definition) is 2. The van der Waals surface area contributed by atoms with Gasteiger partial charge in [-0.05, 0) is 93.3 Å². The Morgan fingerprint density at radius 1 is 1.00 bits per heavy atom. The van der Waals surface area contributed by atoms with Gasteiger partial charge in [-0.1, -0.05) is 20.8 Å². The molecular weight excluding hydrogens is 312 g/mol. The molecule has 0 radical (unpaired) electrons. The van der Waals surface area contributed by atoms with Crippen molar-refractivity contribution in [2.75, 3.05) is 0 Å². The molecule has 3 nitrogen and oxygen atoms in total. The number of aliphatic hydroxyl groups excluding tert-OH is 1. The maximum Gasteiger partial charge on any atom is 0.162 e. The molecule has 4 aliphatic rings. The van der Waals surface area contributed by atoms with Crippen LogP contribution in [-0.2, 0) is 4.79 Å². The number of hydrogen-bond acceptors (Lipinski definition) is 3. The van der Waals surface area contributed by atoms with Crippen LogP contribution in [0.4, 0.5) is 0 Å². The summed E-state index contributed by atoms with van der Waals surface area (Å²) in [6, 6.07) is 0. The highest BCUT2D eigenvalue weighted by Crippen LogP contribution is 2.69. The van der Waals surface area contributed by atoms with Crippen LogP contribution in [0.1, 0.15) is 79.1 Å². The Morgan fingerprint density at radius 3 is 2.40 bits per heavy atom. The van der Waals surface area contributed by atoms with Gasteiger partial charge in [0.25, 0.3) is 0 Å². The first-order valence-electron chi connectivity index (χ1n) is 10.6. The number of ketones is 1. The first-order chi connectivity index (χ1) is 11.6. The lowest BCUT2D eigenvalue weighted by Gasteiger charge is -2.61. The van der Waals surface area contributed by atoms with E-state index in [1.54, 1.807) is 6.92 Å². The first-order valence-corrected chi connectivity index (χ1v) is 10.6. The lowest BCUT2D eigenvalue weighted by atomic mass is 9.44. The molecule has 4 saturated carbocycles. The summed E-state index contributed by atoms with van der Waals surface area (Å²) in [6.45, 7) is 8.37. The zero-order valence-electron chi connectivity index (χ0n) is 16.4. The number of carbonyl (C=O) groups is 1. The fourth-order valence-corrected chi connectivity index (χ4v) is 8.33. The number of Topliss-reactive ketones (excluding diaryl/α,β-unsaturated/α-hetero) is 1.